The Hall–Kier alpha value is -2.47. The highest BCUT2D eigenvalue weighted by Crippen LogP contribution is 2.31. The number of halogens is 5. The SMILES string of the molecule is CN(C(=O)C(F)(F)F)C1CCCN(c2c([N+](=O)[O-])cnn2CC(F)F)CC1. The van der Waals surface area contributed by atoms with Gasteiger partial charge in [-0.3, -0.25) is 14.9 Å². The molecule has 0 aliphatic carbocycles. The van der Waals surface area contributed by atoms with Crippen LogP contribution in [0.1, 0.15) is 19.3 Å². The second-order valence-electron chi connectivity index (χ2n) is 6.17. The molecular weight excluding hydrogens is 381 g/mol. The number of alkyl halides is 5. The zero-order chi connectivity index (χ0) is 20.4. The average molecular weight is 399 g/mol. The van der Waals surface area contributed by atoms with Gasteiger partial charge in [0.05, 0.1) is 4.92 Å². The predicted octanol–water partition coefficient (Wildman–Crippen LogP) is 2.44. The molecule has 152 valence electrons. The maximum absolute atomic E-state index is 12.7. The van der Waals surface area contributed by atoms with Crippen LogP contribution in [0.2, 0.25) is 0 Å². The van der Waals surface area contributed by atoms with Gasteiger partial charge in [-0.25, -0.2) is 13.5 Å². The molecule has 1 amide bonds. The molecule has 2 rings (SSSR count). The van der Waals surface area contributed by atoms with E-state index in [-0.39, 0.29) is 31.7 Å². The van der Waals surface area contributed by atoms with Gasteiger partial charge >= 0.3 is 17.8 Å². The average Bonchev–Trinajstić information content (AvgIpc) is 2.81. The van der Waals surface area contributed by atoms with E-state index in [4.69, 9.17) is 0 Å². The summed E-state index contributed by atoms with van der Waals surface area (Å²) in [4.78, 5) is 23.9. The molecule has 1 aromatic heterocycles. The number of amides is 1. The number of anilines is 1. The maximum atomic E-state index is 12.7. The first kappa shape index (κ1) is 20.8. The van der Waals surface area contributed by atoms with Gasteiger partial charge in [0, 0.05) is 26.2 Å². The van der Waals surface area contributed by atoms with Crippen molar-refractivity contribution in [3.8, 4) is 0 Å². The first-order chi connectivity index (χ1) is 12.5. The summed E-state index contributed by atoms with van der Waals surface area (Å²) in [5, 5.41) is 14.8. The van der Waals surface area contributed by atoms with Crippen LogP contribution >= 0.6 is 0 Å². The smallest absolute Gasteiger partial charge is 0.351 e. The lowest BCUT2D eigenvalue weighted by Crippen LogP contribution is -2.45. The van der Waals surface area contributed by atoms with Gasteiger partial charge in [0.1, 0.15) is 12.7 Å². The van der Waals surface area contributed by atoms with Crippen LogP contribution in [0, 0.1) is 10.1 Å². The zero-order valence-corrected chi connectivity index (χ0v) is 14.3. The maximum Gasteiger partial charge on any atom is 0.471 e. The normalized spacial score (nSPS) is 18.5. The molecule has 1 aliphatic rings. The number of carbonyl (C=O) groups excluding carboxylic acids is 1. The van der Waals surface area contributed by atoms with Crippen molar-refractivity contribution in [2.45, 2.75) is 44.5 Å². The van der Waals surface area contributed by atoms with Gasteiger partial charge in [-0.1, -0.05) is 0 Å². The van der Waals surface area contributed by atoms with Crippen molar-refractivity contribution in [1.82, 2.24) is 14.7 Å². The highest BCUT2D eigenvalue weighted by molar-refractivity contribution is 5.81. The van der Waals surface area contributed by atoms with Crippen LogP contribution in [0.5, 0.6) is 0 Å². The largest absolute Gasteiger partial charge is 0.471 e. The molecular formula is C14H18F5N5O3. The predicted molar refractivity (Wildman–Crippen MR) is 83.6 cm³/mol. The van der Waals surface area contributed by atoms with Gasteiger partial charge in [0.15, 0.2) is 0 Å². The number of hydrogen-bond donors (Lipinski definition) is 0. The Balaban J connectivity index is 2.20. The third kappa shape index (κ3) is 4.83. The Morgan fingerprint density at radius 1 is 1.41 bits per heavy atom. The molecule has 1 aliphatic heterocycles. The molecule has 1 saturated heterocycles. The molecule has 13 heteroatoms. The highest BCUT2D eigenvalue weighted by Gasteiger charge is 2.43. The molecule has 0 bridgehead atoms. The minimum atomic E-state index is -4.99. The van der Waals surface area contributed by atoms with Crippen molar-refractivity contribution in [1.29, 1.82) is 0 Å². The number of nitro groups is 1. The fourth-order valence-corrected chi connectivity index (χ4v) is 3.13. The summed E-state index contributed by atoms with van der Waals surface area (Å²) in [7, 11) is 1.06. The minimum absolute atomic E-state index is 0.0654. The summed E-state index contributed by atoms with van der Waals surface area (Å²) in [5.74, 6) is -2.07. The van der Waals surface area contributed by atoms with Crippen molar-refractivity contribution in [2.75, 3.05) is 25.0 Å². The summed E-state index contributed by atoms with van der Waals surface area (Å²) in [6, 6.07) is -0.713. The van der Waals surface area contributed by atoms with Crippen LogP contribution in [0.4, 0.5) is 33.5 Å². The molecule has 0 spiro atoms. The van der Waals surface area contributed by atoms with Crippen LogP contribution in [-0.2, 0) is 11.3 Å². The van der Waals surface area contributed by atoms with Crippen LogP contribution in [-0.4, -0.2) is 64.3 Å². The van der Waals surface area contributed by atoms with Crippen LogP contribution in [0.15, 0.2) is 6.20 Å². The first-order valence-electron chi connectivity index (χ1n) is 8.09. The summed E-state index contributed by atoms with van der Waals surface area (Å²) in [5.41, 5.74) is -0.450. The van der Waals surface area contributed by atoms with Crippen LogP contribution < -0.4 is 4.90 Å². The Bertz CT molecular complexity index is 693. The molecule has 0 aromatic carbocycles. The van der Waals surface area contributed by atoms with Crippen molar-refractivity contribution < 1.29 is 31.7 Å². The van der Waals surface area contributed by atoms with E-state index in [1.54, 1.807) is 0 Å². The van der Waals surface area contributed by atoms with Gasteiger partial charge in [0.25, 0.3) is 6.43 Å². The fourth-order valence-electron chi connectivity index (χ4n) is 3.13. The molecule has 8 nitrogen and oxygen atoms in total. The molecule has 2 heterocycles. The third-order valence-corrected chi connectivity index (χ3v) is 4.41. The molecule has 1 unspecified atom stereocenters. The van der Waals surface area contributed by atoms with Crippen molar-refractivity contribution >= 4 is 17.4 Å². The third-order valence-electron chi connectivity index (χ3n) is 4.41. The standard InChI is InChI=1S/C14H18F5N5O3/c1-21(13(25)14(17,18)19)9-3-2-5-22(6-4-9)12-10(24(26)27)7-20-23(12)8-11(15)16/h7,9,11H,2-6,8H2,1H3. The Kier molecular flexibility index (Phi) is 6.21. The van der Waals surface area contributed by atoms with E-state index in [9.17, 15) is 36.9 Å². The topological polar surface area (TPSA) is 84.5 Å². The second-order valence-corrected chi connectivity index (χ2v) is 6.17. The second kappa shape index (κ2) is 8.05. The highest BCUT2D eigenvalue weighted by atomic mass is 19.4. The summed E-state index contributed by atoms with van der Waals surface area (Å²) in [6.45, 7) is -0.564. The fraction of sp³-hybridized carbons (Fsp3) is 0.714. The minimum Gasteiger partial charge on any atom is -0.351 e. The lowest BCUT2D eigenvalue weighted by molar-refractivity contribution is -0.384. The summed E-state index contributed by atoms with van der Waals surface area (Å²) < 4.78 is 64.1. The summed E-state index contributed by atoms with van der Waals surface area (Å²) >= 11 is 0. The van der Waals surface area contributed by atoms with Gasteiger partial charge in [-0.05, 0) is 19.3 Å². The number of carbonyl (C=O) groups is 1. The van der Waals surface area contributed by atoms with Crippen LogP contribution in [0.25, 0.3) is 0 Å². The molecule has 1 aromatic rings. The van der Waals surface area contributed by atoms with Gasteiger partial charge in [0.2, 0.25) is 5.82 Å². The van der Waals surface area contributed by atoms with Crippen molar-refractivity contribution in [3.63, 3.8) is 0 Å². The molecule has 27 heavy (non-hydrogen) atoms. The Morgan fingerprint density at radius 2 is 2.07 bits per heavy atom. The van der Waals surface area contributed by atoms with E-state index in [2.05, 4.69) is 5.10 Å². The molecule has 1 atom stereocenters. The van der Waals surface area contributed by atoms with E-state index >= 15 is 0 Å². The van der Waals surface area contributed by atoms with E-state index in [0.717, 1.165) is 17.9 Å². The molecule has 1 fully saturated rings. The monoisotopic (exact) mass is 399 g/mol. The van der Waals surface area contributed by atoms with Crippen LogP contribution in [0.3, 0.4) is 0 Å². The zero-order valence-electron chi connectivity index (χ0n) is 14.3. The molecule has 0 saturated carbocycles. The van der Waals surface area contributed by atoms with E-state index < -0.39 is 41.7 Å². The van der Waals surface area contributed by atoms with Crippen molar-refractivity contribution in [2.24, 2.45) is 0 Å². The quantitative estimate of drug-likeness (QED) is 0.431. The lowest BCUT2D eigenvalue weighted by Gasteiger charge is -2.28. The Labute approximate surface area is 150 Å². The van der Waals surface area contributed by atoms with Gasteiger partial charge in [-0.15, -0.1) is 0 Å². The number of hydrogen-bond acceptors (Lipinski definition) is 5. The lowest BCUT2D eigenvalue weighted by atomic mass is 10.1. The van der Waals surface area contributed by atoms with E-state index in [1.807, 2.05) is 0 Å². The van der Waals surface area contributed by atoms with E-state index in [0.29, 0.717) is 11.3 Å². The number of nitrogens with zero attached hydrogens (tertiary/aromatic N) is 5. The van der Waals surface area contributed by atoms with E-state index in [1.165, 1.54) is 4.90 Å². The molecule has 0 radical (unpaired) electrons. The van der Waals surface area contributed by atoms with Gasteiger partial charge < -0.3 is 9.80 Å². The van der Waals surface area contributed by atoms with Gasteiger partial charge in [-0.2, -0.15) is 18.3 Å². The number of aromatic nitrogens is 2. The summed E-state index contributed by atoms with van der Waals surface area (Å²) in [6.07, 6.45) is -6.20. The Morgan fingerprint density at radius 3 is 2.63 bits per heavy atom. The molecule has 0 N–H and O–H groups in total. The number of rotatable bonds is 5. The van der Waals surface area contributed by atoms with Crippen molar-refractivity contribution in [3.05, 3.63) is 16.3 Å². The first-order valence-corrected chi connectivity index (χ1v) is 8.09.